The molecule has 1 aliphatic heterocycles. The minimum atomic E-state index is -5.41. The Hall–Kier alpha value is -4.74. The molecule has 15 heteroatoms. The van der Waals surface area contributed by atoms with Gasteiger partial charge in [0.15, 0.2) is 5.75 Å². The molecule has 1 saturated heterocycles. The number of ether oxygens (including phenoxy) is 1. The number of nitrogens with zero attached hydrogens (tertiary/aromatic N) is 5. The molecule has 40 heavy (non-hydrogen) atoms. The average molecular weight is 569 g/mol. The van der Waals surface area contributed by atoms with Crippen LogP contribution < -0.4 is 14.5 Å². The first-order valence-electron chi connectivity index (χ1n) is 11.3. The van der Waals surface area contributed by atoms with Crippen molar-refractivity contribution in [1.82, 2.24) is 14.7 Å². The van der Waals surface area contributed by atoms with E-state index in [0.717, 1.165) is 41.1 Å². The quantitative estimate of drug-likeness (QED) is 0.309. The van der Waals surface area contributed by atoms with Crippen LogP contribution in [0.5, 0.6) is 5.75 Å². The molecule has 1 aliphatic rings. The second-order valence-corrected chi connectivity index (χ2v) is 8.50. The van der Waals surface area contributed by atoms with E-state index in [4.69, 9.17) is 4.74 Å². The molecule has 2 heterocycles. The van der Waals surface area contributed by atoms with Crippen LogP contribution in [0.4, 0.5) is 51.7 Å². The number of aromatic nitrogens is 2. The summed E-state index contributed by atoms with van der Waals surface area (Å²) in [5, 5.41) is 3.90. The summed E-state index contributed by atoms with van der Waals surface area (Å²) >= 11 is 0. The number of hydrogen-bond donors (Lipinski definition) is 0. The van der Waals surface area contributed by atoms with Crippen molar-refractivity contribution in [1.29, 1.82) is 0 Å². The third kappa shape index (κ3) is 5.95. The van der Waals surface area contributed by atoms with Crippen LogP contribution in [0, 0.1) is 17.8 Å². The highest BCUT2D eigenvalue weighted by Gasteiger charge is 2.44. The van der Waals surface area contributed by atoms with Gasteiger partial charge < -0.3 is 4.74 Å². The third-order valence-corrected chi connectivity index (χ3v) is 5.72. The molecule has 4 rings (SSSR count). The summed E-state index contributed by atoms with van der Waals surface area (Å²) in [4.78, 5) is 28.1. The van der Waals surface area contributed by atoms with Crippen LogP contribution in [0.25, 0.3) is 0 Å². The summed E-state index contributed by atoms with van der Waals surface area (Å²) in [5.41, 5.74) is -4.15. The predicted molar refractivity (Wildman–Crippen MR) is 127 cm³/mol. The van der Waals surface area contributed by atoms with E-state index in [-0.39, 0.29) is 24.8 Å². The molecule has 0 unspecified atom stereocenters. The molecule has 0 radical (unpaired) electrons. The van der Waals surface area contributed by atoms with Crippen molar-refractivity contribution in [2.45, 2.75) is 12.4 Å². The number of carbonyl (C=O) groups is 2. The smallest absolute Gasteiger partial charge is 0.407 e. The molecule has 210 valence electrons. The maximum atomic E-state index is 14.0. The van der Waals surface area contributed by atoms with Crippen molar-refractivity contribution in [3.05, 3.63) is 71.3 Å². The van der Waals surface area contributed by atoms with E-state index in [9.17, 15) is 40.3 Å². The Morgan fingerprint density at radius 3 is 2.30 bits per heavy atom. The molecule has 2 aromatic carbocycles. The number of aryl methyl sites for hydroxylation is 1. The van der Waals surface area contributed by atoms with Crippen molar-refractivity contribution in [3.8, 4) is 17.7 Å². The van der Waals surface area contributed by atoms with E-state index in [2.05, 4.69) is 17.1 Å². The zero-order chi connectivity index (χ0) is 29.4. The van der Waals surface area contributed by atoms with Crippen molar-refractivity contribution in [2.75, 3.05) is 29.9 Å². The Labute approximate surface area is 222 Å². The zero-order valence-electron chi connectivity index (χ0n) is 20.6. The van der Waals surface area contributed by atoms with Crippen LogP contribution in [0.3, 0.4) is 0 Å². The lowest BCUT2D eigenvalue weighted by atomic mass is 10.1. The highest BCUT2D eigenvalue weighted by molar-refractivity contribution is 5.98. The van der Waals surface area contributed by atoms with Gasteiger partial charge in [0, 0.05) is 38.6 Å². The van der Waals surface area contributed by atoms with Gasteiger partial charge in [0.2, 0.25) is 0 Å². The maximum absolute atomic E-state index is 14.0. The van der Waals surface area contributed by atoms with Gasteiger partial charge in [0.05, 0.1) is 29.6 Å². The summed E-state index contributed by atoms with van der Waals surface area (Å²) < 4.78 is 103. The van der Waals surface area contributed by atoms with Gasteiger partial charge in [-0.15, -0.1) is 0 Å². The Morgan fingerprint density at radius 2 is 1.73 bits per heavy atom. The molecule has 0 atom stereocenters. The van der Waals surface area contributed by atoms with Gasteiger partial charge in [-0.1, -0.05) is 0 Å². The SMILES string of the molecule is CN(C(=O)Oc1c(N2CCN(C#Cc3cnn(C)c3)C2=O)cc(C(F)(F)F)cc1C(F)(F)F)c1ccc(F)cc1. The maximum Gasteiger partial charge on any atom is 0.420 e. The van der Waals surface area contributed by atoms with Gasteiger partial charge in [0.25, 0.3) is 0 Å². The largest absolute Gasteiger partial charge is 0.420 e. The van der Waals surface area contributed by atoms with Gasteiger partial charge in [0.1, 0.15) is 11.4 Å². The molecule has 0 spiro atoms. The molecule has 0 saturated carbocycles. The Kier molecular flexibility index (Phi) is 7.38. The molecule has 3 aromatic rings. The summed E-state index contributed by atoms with van der Waals surface area (Å²) in [5.74, 6) is 0.667. The lowest BCUT2D eigenvalue weighted by Crippen LogP contribution is -2.33. The number of anilines is 2. The normalized spacial score (nSPS) is 13.8. The second-order valence-electron chi connectivity index (χ2n) is 8.50. The fourth-order valence-electron chi connectivity index (χ4n) is 3.70. The first kappa shape index (κ1) is 28.3. The van der Waals surface area contributed by atoms with Crippen LogP contribution in [0.15, 0.2) is 48.8 Å². The molecule has 1 aromatic heterocycles. The van der Waals surface area contributed by atoms with Crippen LogP contribution in [0.2, 0.25) is 0 Å². The summed E-state index contributed by atoms with van der Waals surface area (Å²) in [6.45, 7) is -0.538. The molecule has 1 fully saturated rings. The monoisotopic (exact) mass is 569 g/mol. The van der Waals surface area contributed by atoms with Crippen LogP contribution >= 0.6 is 0 Å². The summed E-state index contributed by atoms with van der Waals surface area (Å²) in [6, 6.07) is 5.80. The Bertz CT molecular complexity index is 1500. The number of carbonyl (C=O) groups excluding carboxylic acids is 2. The van der Waals surface area contributed by atoms with Gasteiger partial charge in [-0.05, 0) is 42.3 Å². The van der Waals surface area contributed by atoms with Crippen molar-refractivity contribution >= 4 is 23.5 Å². The van der Waals surface area contributed by atoms with E-state index in [1.807, 2.05) is 0 Å². The molecule has 0 bridgehead atoms. The molecule has 8 nitrogen and oxygen atoms in total. The molecule has 3 amide bonds. The Morgan fingerprint density at radius 1 is 1.05 bits per heavy atom. The van der Waals surface area contributed by atoms with Crippen molar-refractivity contribution in [3.63, 3.8) is 0 Å². The minimum Gasteiger partial charge on any atom is -0.407 e. The van der Waals surface area contributed by atoms with Crippen molar-refractivity contribution in [2.24, 2.45) is 7.05 Å². The van der Waals surface area contributed by atoms with Gasteiger partial charge in [-0.2, -0.15) is 31.4 Å². The standard InChI is InChI=1S/C25H18F7N5O3/c1-34-14-15(13-33-34)7-8-36-9-10-37(22(36)38)20-12-16(24(27,28)29)11-19(25(30,31)32)21(20)40-23(39)35(2)18-5-3-17(26)4-6-18/h3-6,11-14H,9-10H2,1-2H3. The van der Waals surface area contributed by atoms with Crippen LogP contribution in [0.1, 0.15) is 16.7 Å². The zero-order valence-corrected chi connectivity index (χ0v) is 20.6. The highest BCUT2D eigenvalue weighted by Crippen LogP contribution is 2.47. The summed E-state index contributed by atoms with van der Waals surface area (Å²) in [6.07, 6.45) is -9.16. The number of benzene rings is 2. The number of halogens is 7. The topological polar surface area (TPSA) is 70.9 Å². The highest BCUT2D eigenvalue weighted by atomic mass is 19.4. The van der Waals surface area contributed by atoms with E-state index < -0.39 is 52.9 Å². The van der Waals surface area contributed by atoms with E-state index >= 15 is 0 Å². The fourth-order valence-corrected chi connectivity index (χ4v) is 3.70. The third-order valence-electron chi connectivity index (χ3n) is 5.72. The van der Waals surface area contributed by atoms with E-state index in [1.165, 1.54) is 17.1 Å². The minimum absolute atomic E-state index is 0.0162. The number of hydrogen-bond acceptors (Lipinski definition) is 4. The van der Waals surface area contributed by atoms with E-state index in [1.54, 1.807) is 7.05 Å². The van der Waals surface area contributed by atoms with E-state index in [0.29, 0.717) is 16.5 Å². The average Bonchev–Trinajstić information content (AvgIpc) is 3.46. The van der Waals surface area contributed by atoms with Gasteiger partial charge >= 0.3 is 24.5 Å². The lowest BCUT2D eigenvalue weighted by Gasteiger charge is -2.25. The lowest BCUT2D eigenvalue weighted by molar-refractivity contribution is -0.143. The number of amides is 3. The number of rotatable bonds is 3. The predicted octanol–water partition coefficient (Wildman–Crippen LogP) is 5.48. The number of urea groups is 1. The molecule has 0 aliphatic carbocycles. The van der Waals surface area contributed by atoms with Gasteiger partial charge in [-0.25, -0.2) is 14.0 Å². The molecular weight excluding hydrogens is 551 g/mol. The summed E-state index contributed by atoms with van der Waals surface area (Å²) in [7, 11) is 2.72. The first-order valence-corrected chi connectivity index (χ1v) is 11.3. The van der Waals surface area contributed by atoms with Gasteiger partial charge in [-0.3, -0.25) is 19.4 Å². The first-order chi connectivity index (χ1) is 18.6. The molecular formula is C25H18F7N5O3. The van der Waals surface area contributed by atoms with Crippen LogP contribution in [-0.4, -0.2) is 46.9 Å². The second kappa shape index (κ2) is 10.4. The fraction of sp³-hybridized carbons (Fsp3) is 0.240. The molecule has 0 N–H and O–H groups in total. The van der Waals surface area contributed by atoms with Crippen LogP contribution in [-0.2, 0) is 19.4 Å². The van der Waals surface area contributed by atoms with Crippen molar-refractivity contribution < 1.29 is 45.1 Å². The number of alkyl halides is 6. The Balaban J connectivity index is 1.77.